The number of hydrogen-bond donors (Lipinski definition) is 0. The molecule has 70 valence electrons. The third-order valence-corrected chi connectivity index (χ3v) is 2.40. The van der Waals surface area contributed by atoms with Gasteiger partial charge >= 0.3 is 0 Å². The number of aryl methyl sites for hydroxylation is 2. The van der Waals surface area contributed by atoms with Crippen LogP contribution >= 0.6 is 0 Å². The van der Waals surface area contributed by atoms with Crippen molar-refractivity contribution < 1.29 is 0 Å². The molecule has 0 unspecified atom stereocenters. The van der Waals surface area contributed by atoms with E-state index in [2.05, 4.69) is 42.0 Å². The van der Waals surface area contributed by atoms with E-state index in [1.165, 1.54) is 16.7 Å². The van der Waals surface area contributed by atoms with E-state index in [0.29, 0.717) is 0 Å². The summed E-state index contributed by atoms with van der Waals surface area (Å²) >= 11 is 0. The summed E-state index contributed by atoms with van der Waals surface area (Å²) in [5.41, 5.74) is 4.85. The Labute approximate surface area is 83.7 Å². The first kappa shape index (κ1) is 8.88. The largest absolute Gasteiger partial charge is 0.244 e. The van der Waals surface area contributed by atoms with Gasteiger partial charge in [-0.25, -0.2) is 9.97 Å². The first-order valence-electron chi connectivity index (χ1n) is 4.60. The molecule has 0 saturated carbocycles. The number of rotatable bonds is 1. The molecule has 0 radical (unpaired) electrons. The van der Waals surface area contributed by atoms with Crippen LogP contribution in [0, 0.1) is 13.8 Å². The van der Waals surface area contributed by atoms with E-state index in [0.717, 1.165) is 5.56 Å². The van der Waals surface area contributed by atoms with E-state index in [1.54, 1.807) is 6.33 Å². The summed E-state index contributed by atoms with van der Waals surface area (Å²) in [6.45, 7) is 4.23. The molecule has 2 heteroatoms. The van der Waals surface area contributed by atoms with Crippen molar-refractivity contribution in [2.24, 2.45) is 0 Å². The van der Waals surface area contributed by atoms with Crippen LogP contribution in [-0.4, -0.2) is 9.97 Å². The second-order valence-corrected chi connectivity index (χ2v) is 3.43. The van der Waals surface area contributed by atoms with Crippen LogP contribution in [0.5, 0.6) is 0 Å². The maximum absolute atomic E-state index is 4.00. The minimum absolute atomic E-state index is 1.07. The highest BCUT2D eigenvalue weighted by atomic mass is 14.8. The van der Waals surface area contributed by atoms with Crippen molar-refractivity contribution in [2.75, 3.05) is 0 Å². The van der Waals surface area contributed by atoms with Gasteiger partial charge in [-0.15, -0.1) is 0 Å². The maximum Gasteiger partial charge on any atom is 0.115 e. The molecule has 0 aliphatic carbocycles. The van der Waals surface area contributed by atoms with Crippen molar-refractivity contribution in [3.8, 4) is 11.1 Å². The predicted molar refractivity (Wildman–Crippen MR) is 56.9 cm³/mol. The van der Waals surface area contributed by atoms with E-state index in [1.807, 2.05) is 12.4 Å². The third-order valence-electron chi connectivity index (χ3n) is 2.40. The van der Waals surface area contributed by atoms with Gasteiger partial charge in [0.25, 0.3) is 0 Å². The molecule has 0 fully saturated rings. The van der Waals surface area contributed by atoms with E-state index in [-0.39, 0.29) is 0 Å². The molecule has 2 aromatic rings. The Morgan fingerprint density at radius 1 is 0.857 bits per heavy atom. The van der Waals surface area contributed by atoms with Gasteiger partial charge in [0, 0.05) is 18.0 Å². The Kier molecular flexibility index (Phi) is 2.27. The molecular weight excluding hydrogens is 172 g/mol. The number of benzene rings is 1. The zero-order valence-corrected chi connectivity index (χ0v) is 8.36. The molecule has 1 heterocycles. The molecule has 0 bridgehead atoms. The van der Waals surface area contributed by atoms with Crippen molar-refractivity contribution in [2.45, 2.75) is 13.8 Å². The van der Waals surface area contributed by atoms with Gasteiger partial charge in [0.15, 0.2) is 0 Å². The molecule has 0 spiro atoms. The Morgan fingerprint density at radius 3 is 2.21 bits per heavy atom. The molecule has 0 aliphatic heterocycles. The van der Waals surface area contributed by atoms with Crippen LogP contribution in [0.1, 0.15) is 11.1 Å². The van der Waals surface area contributed by atoms with Crippen LogP contribution in [0.3, 0.4) is 0 Å². The highest BCUT2D eigenvalue weighted by Gasteiger charge is 1.99. The highest BCUT2D eigenvalue weighted by Crippen LogP contribution is 2.20. The lowest BCUT2D eigenvalue weighted by molar-refractivity contribution is 1.17. The van der Waals surface area contributed by atoms with E-state index < -0.39 is 0 Å². The second kappa shape index (κ2) is 3.58. The summed E-state index contributed by atoms with van der Waals surface area (Å²) in [5, 5.41) is 0. The summed E-state index contributed by atoms with van der Waals surface area (Å²) in [6.07, 6.45) is 5.21. The van der Waals surface area contributed by atoms with Gasteiger partial charge < -0.3 is 0 Å². The molecule has 0 aliphatic rings. The Balaban J connectivity index is 2.48. The first-order chi connectivity index (χ1) is 6.77. The fourth-order valence-corrected chi connectivity index (χ4v) is 1.37. The van der Waals surface area contributed by atoms with Crippen LogP contribution in [0.2, 0.25) is 0 Å². The predicted octanol–water partition coefficient (Wildman–Crippen LogP) is 2.76. The van der Waals surface area contributed by atoms with Crippen LogP contribution in [-0.2, 0) is 0 Å². The van der Waals surface area contributed by atoms with Crippen molar-refractivity contribution >= 4 is 0 Å². The summed E-state index contributed by atoms with van der Waals surface area (Å²) in [5.74, 6) is 0. The van der Waals surface area contributed by atoms with Crippen LogP contribution in [0.25, 0.3) is 11.1 Å². The van der Waals surface area contributed by atoms with Gasteiger partial charge in [0.1, 0.15) is 6.33 Å². The zero-order chi connectivity index (χ0) is 9.97. The van der Waals surface area contributed by atoms with Gasteiger partial charge in [-0.2, -0.15) is 0 Å². The smallest absolute Gasteiger partial charge is 0.115 e. The van der Waals surface area contributed by atoms with Crippen molar-refractivity contribution in [1.82, 2.24) is 9.97 Å². The number of aromatic nitrogens is 2. The van der Waals surface area contributed by atoms with E-state index in [9.17, 15) is 0 Å². The van der Waals surface area contributed by atoms with Crippen LogP contribution < -0.4 is 0 Å². The number of nitrogens with zero attached hydrogens (tertiary/aromatic N) is 2. The van der Waals surface area contributed by atoms with Crippen molar-refractivity contribution in [3.63, 3.8) is 0 Å². The fourth-order valence-electron chi connectivity index (χ4n) is 1.37. The van der Waals surface area contributed by atoms with E-state index in [4.69, 9.17) is 0 Å². The summed E-state index contributed by atoms with van der Waals surface area (Å²) in [4.78, 5) is 8.00. The average molecular weight is 184 g/mol. The zero-order valence-electron chi connectivity index (χ0n) is 8.36. The standard InChI is InChI=1S/C12H12N2/c1-9-3-4-11(5-10(9)2)12-6-13-8-14-7-12/h3-8H,1-2H3. The molecule has 1 aromatic carbocycles. The minimum Gasteiger partial charge on any atom is -0.244 e. The van der Waals surface area contributed by atoms with Crippen molar-refractivity contribution in [3.05, 3.63) is 48.0 Å². The molecule has 2 rings (SSSR count). The van der Waals surface area contributed by atoms with Gasteiger partial charge in [-0.1, -0.05) is 18.2 Å². The lowest BCUT2D eigenvalue weighted by Gasteiger charge is -2.03. The average Bonchev–Trinajstić information content (AvgIpc) is 2.23. The maximum atomic E-state index is 4.00. The van der Waals surface area contributed by atoms with Crippen LogP contribution in [0.4, 0.5) is 0 Å². The molecule has 0 saturated heterocycles. The molecule has 2 nitrogen and oxygen atoms in total. The van der Waals surface area contributed by atoms with Crippen LogP contribution in [0.15, 0.2) is 36.9 Å². The van der Waals surface area contributed by atoms with Crippen molar-refractivity contribution in [1.29, 1.82) is 0 Å². The Morgan fingerprint density at radius 2 is 1.57 bits per heavy atom. The third kappa shape index (κ3) is 1.64. The Hall–Kier alpha value is -1.70. The molecular formula is C12H12N2. The fraction of sp³-hybridized carbons (Fsp3) is 0.167. The summed E-state index contributed by atoms with van der Waals surface area (Å²) in [6, 6.07) is 6.38. The molecule has 0 N–H and O–H groups in total. The normalized spacial score (nSPS) is 10.1. The molecule has 14 heavy (non-hydrogen) atoms. The Bertz CT molecular complexity index is 435. The SMILES string of the molecule is Cc1ccc(-c2cncnc2)cc1C. The van der Waals surface area contributed by atoms with Gasteiger partial charge in [-0.05, 0) is 30.5 Å². The monoisotopic (exact) mass is 184 g/mol. The van der Waals surface area contributed by atoms with Gasteiger partial charge in [-0.3, -0.25) is 0 Å². The quantitative estimate of drug-likeness (QED) is 0.681. The lowest BCUT2D eigenvalue weighted by Crippen LogP contribution is -1.85. The number of hydrogen-bond acceptors (Lipinski definition) is 2. The minimum atomic E-state index is 1.07. The van der Waals surface area contributed by atoms with Gasteiger partial charge in [0.05, 0.1) is 0 Å². The first-order valence-corrected chi connectivity index (χ1v) is 4.60. The molecule has 1 aromatic heterocycles. The molecule has 0 atom stereocenters. The summed E-state index contributed by atoms with van der Waals surface area (Å²) in [7, 11) is 0. The second-order valence-electron chi connectivity index (χ2n) is 3.43. The highest BCUT2D eigenvalue weighted by molar-refractivity contribution is 5.62. The summed E-state index contributed by atoms with van der Waals surface area (Å²) < 4.78 is 0. The lowest BCUT2D eigenvalue weighted by atomic mass is 10.0. The topological polar surface area (TPSA) is 25.8 Å². The van der Waals surface area contributed by atoms with E-state index >= 15 is 0 Å². The molecule has 0 amide bonds. The van der Waals surface area contributed by atoms with Gasteiger partial charge in [0.2, 0.25) is 0 Å².